The Balaban J connectivity index is 1.51. The summed E-state index contributed by atoms with van der Waals surface area (Å²) in [7, 11) is 0. The molecular formula is C18H18N4. The average molecular weight is 290 g/mol. The molecule has 2 heterocycles. The van der Waals surface area contributed by atoms with E-state index in [9.17, 15) is 0 Å². The second-order valence-corrected chi connectivity index (χ2v) is 5.59. The molecule has 1 aromatic heterocycles. The van der Waals surface area contributed by atoms with E-state index in [2.05, 4.69) is 51.3 Å². The highest BCUT2D eigenvalue weighted by molar-refractivity contribution is 6.25. The van der Waals surface area contributed by atoms with Crippen LogP contribution in [0.4, 0.5) is 5.69 Å². The van der Waals surface area contributed by atoms with Crippen LogP contribution >= 0.6 is 0 Å². The molecule has 1 aliphatic heterocycles. The molecule has 2 aromatic carbocycles. The van der Waals surface area contributed by atoms with Crippen LogP contribution in [0.5, 0.6) is 0 Å². The first-order valence-corrected chi connectivity index (χ1v) is 7.64. The maximum atomic E-state index is 4.76. The average Bonchev–Trinajstić information content (AvgIpc) is 3.10. The Kier molecular flexibility index (Phi) is 3.15. The molecule has 0 unspecified atom stereocenters. The number of anilines is 1. The van der Waals surface area contributed by atoms with Crippen LogP contribution in [0.25, 0.3) is 10.8 Å². The van der Waals surface area contributed by atoms with E-state index in [0.29, 0.717) is 0 Å². The zero-order chi connectivity index (χ0) is 14.9. The van der Waals surface area contributed by atoms with Gasteiger partial charge < -0.3 is 9.88 Å². The normalized spacial score (nSPS) is 14.7. The third kappa shape index (κ3) is 2.17. The standard InChI is InChI=1S/C18H18N4/c1-13-19-10-12-22(13)11-4-9-20-18-15-7-2-5-14-6-3-8-16(21-18)17(14)15/h2-3,5-8,10,12H,4,9,11H2,1H3,(H,20,21). The number of nitrogens with one attached hydrogen (secondary N) is 1. The van der Waals surface area contributed by atoms with E-state index >= 15 is 0 Å². The van der Waals surface area contributed by atoms with E-state index < -0.39 is 0 Å². The summed E-state index contributed by atoms with van der Waals surface area (Å²) < 4.78 is 2.16. The maximum Gasteiger partial charge on any atom is 0.133 e. The number of hydrogen-bond acceptors (Lipinski definition) is 2. The summed E-state index contributed by atoms with van der Waals surface area (Å²) in [6.07, 6.45) is 4.87. The van der Waals surface area contributed by atoms with Crippen LogP contribution in [0.15, 0.2) is 53.8 Å². The van der Waals surface area contributed by atoms with Gasteiger partial charge in [-0.2, -0.15) is 0 Å². The molecule has 0 bridgehead atoms. The van der Waals surface area contributed by atoms with Gasteiger partial charge in [-0.1, -0.05) is 30.3 Å². The molecule has 0 saturated carbocycles. The number of benzene rings is 2. The van der Waals surface area contributed by atoms with Gasteiger partial charge in [0.1, 0.15) is 11.7 Å². The molecule has 0 aliphatic carbocycles. The van der Waals surface area contributed by atoms with Gasteiger partial charge in [0.2, 0.25) is 0 Å². The van der Waals surface area contributed by atoms with Gasteiger partial charge >= 0.3 is 0 Å². The smallest absolute Gasteiger partial charge is 0.133 e. The molecule has 110 valence electrons. The number of aromatic nitrogens is 2. The predicted molar refractivity (Wildman–Crippen MR) is 90.6 cm³/mol. The minimum Gasteiger partial charge on any atom is -0.339 e. The van der Waals surface area contributed by atoms with Crippen LogP contribution in [0.1, 0.15) is 17.8 Å². The van der Waals surface area contributed by atoms with Crippen LogP contribution in [0.2, 0.25) is 0 Å². The maximum absolute atomic E-state index is 4.76. The van der Waals surface area contributed by atoms with Gasteiger partial charge in [0.15, 0.2) is 0 Å². The van der Waals surface area contributed by atoms with Crippen molar-refractivity contribution in [1.82, 2.24) is 9.55 Å². The molecule has 0 saturated heterocycles. The van der Waals surface area contributed by atoms with E-state index in [0.717, 1.165) is 36.9 Å². The summed E-state index contributed by atoms with van der Waals surface area (Å²) in [5.74, 6) is 2.05. The molecule has 0 fully saturated rings. The number of aryl methyl sites for hydroxylation is 2. The molecule has 4 rings (SSSR count). The van der Waals surface area contributed by atoms with Crippen molar-refractivity contribution in [2.45, 2.75) is 19.9 Å². The SMILES string of the molecule is Cc1nccn1CCCN=C1Nc2cccc3cccc1c23. The zero-order valence-corrected chi connectivity index (χ0v) is 12.6. The number of nitrogens with zero attached hydrogens (tertiary/aromatic N) is 3. The van der Waals surface area contributed by atoms with E-state index in [-0.39, 0.29) is 0 Å². The van der Waals surface area contributed by atoms with Gasteiger partial charge in [-0.05, 0) is 24.8 Å². The molecule has 0 spiro atoms. The van der Waals surface area contributed by atoms with Crippen molar-refractivity contribution in [2.24, 2.45) is 4.99 Å². The fraction of sp³-hybridized carbons (Fsp3) is 0.222. The third-order valence-corrected chi connectivity index (χ3v) is 4.16. The Morgan fingerprint density at radius 2 is 2.05 bits per heavy atom. The van der Waals surface area contributed by atoms with Gasteiger partial charge in [0.25, 0.3) is 0 Å². The second kappa shape index (κ2) is 5.30. The highest BCUT2D eigenvalue weighted by Crippen LogP contribution is 2.32. The van der Waals surface area contributed by atoms with Gasteiger partial charge in [-0.25, -0.2) is 4.98 Å². The summed E-state index contributed by atoms with van der Waals surface area (Å²) in [5, 5.41) is 6.00. The Labute approximate surface area is 129 Å². The van der Waals surface area contributed by atoms with Crippen LogP contribution in [-0.2, 0) is 6.54 Å². The van der Waals surface area contributed by atoms with Gasteiger partial charge in [-0.3, -0.25) is 4.99 Å². The van der Waals surface area contributed by atoms with Crippen molar-refractivity contribution in [3.63, 3.8) is 0 Å². The predicted octanol–water partition coefficient (Wildman–Crippen LogP) is 3.61. The molecule has 22 heavy (non-hydrogen) atoms. The van der Waals surface area contributed by atoms with E-state index in [1.54, 1.807) is 0 Å². The van der Waals surface area contributed by atoms with Gasteiger partial charge in [-0.15, -0.1) is 0 Å². The zero-order valence-electron chi connectivity index (χ0n) is 12.6. The lowest BCUT2D eigenvalue weighted by molar-refractivity contribution is 0.634. The van der Waals surface area contributed by atoms with E-state index in [4.69, 9.17) is 4.99 Å². The van der Waals surface area contributed by atoms with Gasteiger partial charge in [0.05, 0.1) is 0 Å². The quantitative estimate of drug-likeness (QED) is 0.746. The molecule has 0 amide bonds. The number of imidazole rings is 1. The van der Waals surface area contributed by atoms with Crippen molar-refractivity contribution < 1.29 is 0 Å². The number of rotatable bonds is 4. The van der Waals surface area contributed by atoms with Crippen molar-refractivity contribution in [1.29, 1.82) is 0 Å². The Morgan fingerprint density at radius 3 is 2.86 bits per heavy atom. The van der Waals surface area contributed by atoms with E-state index in [1.165, 1.54) is 16.3 Å². The number of aliphatic imine (C=N–C) groups is 1. The third-order valence-electron chi connectivity index (χ3n) is 4.16. The minimum absolute atomic E-state index is 0.810. The molecule has 3 aromatic rings. The van der Waals surface area contributed by atoms with Gasteiger partial charge in [0, 0.05) is 42.1 Å². The molecule has 0 radical (unpaired) electrons. The Hall–Kier alpha value is -2.62. The van der Waals surface area contributed by atoms with Crippen molar-refractivity contribution in [2.75, 3.05) is 11.9 Å². The topological polar surface area (TPSA) is 42.2 Å². The Bertz CT molecular complexity index is 855. The lowest BCUT2D eigenvalue weighted by Crippen LogP contribution is -2.09. The molecule has 0 atom stereocenters. The van der Waals surface area contributed by atoms with Crippen LogP contribution < -0.4 is 5.32 Å². The molecule has 4 heteroatoms. The highest BCUT2D eigenvalue weighted by atomic mass is 15.1. The summed E-state index contributed by atoms with van der Waals surface area (Å²) >= 11 is 0. The van der Waals surface area contributed by atoms with Crippen molar-refractivity contribution >= 4 is 22.3 Å². The fourth-order valence-electron chi connectivity index (χ4n) is 3.03. The molecule has 4 nitrogen and oxygen atoms in total. The van der Waals surface area contributed by atoms with E-state index in [1.807, 2.05) is 19.3 Å². The summed E-state index contributed by atoms with van der Waals surface area (Å²) in [6.45, 7) is 3.80. The molecule has 1 N–H and O–H groups in total. The lowest BCUT2D eigenvalue weighted by atomic mass is 10.1. The summed E-state index contributed by atoms with van der Waals surface area (Å²) in [5.41, 5.74) is 2.38. The first kappa shape index (κ1) is 13.1. The largest absolute Gasteiger partial charge is 0.339 e. The Morgan fingerprint density at radius 1 is 1.18 bits per heavy atom. The lowest BCUT2D eigenvalue weighted by Gasteiger charge is -2.04. The van der Waals surface area contributed by atoms with Crippen molar-refractivity contribution in [3.8, 4) is 0 Å². The van der Waals surface area contributed by atoms with Crippen LogP contribution in [0, 0.1) is 6.92 Å². The van der Waals surface area contributed by atoms with Crippen LogP contribution in [0.3, 0.4) is 0 Å². The molecular weight excluding hydrogens is 272 g/mol. The molecule has 1 aliphatic rings. The second-order valence-electron chi connectivity index (χ2n) is 5.59. The van der Waals surface area contributed by atoms with Crippen molar-refractivity contribution in [3.05, 3.63) is 60.2 Å². The number of amidine groups is 1. The highest BCUT2D eigenvalue weighted by Gasteiger charge is 2.18. The monoisotopic (exact) mass is 290 g/mol. The summed E-state index contributed by atoms with van der Waals surface area (Å²) in [4.78, 5) is 9.00. The number of hydrogen-bond donors (Lipinski definition) is 1. The first-order valence-electron chi connectivity index (χ1n) is 7.64. The van der Waals surface area contributed by atoms with Crippen LogP contribution in [-0.4, -0.2) is 21.9 Å². The minimum atomic E-state index is 0.810. The summed E-state index contributed by atoms with van der Waals surface area (Å²) in [6, 6.07) is 12.7. The fourth-order valence-corrected chi connectivity index (χ4v) is 3.03. The first-order chi connectivity index (χ1) is 10.8.